The maximum Gasteiger partial charge on any atom is 0.273 e. The number of hydrogen-bond donors (Lipinski definition) is 1. The molecule has 1 aromatic rings. The fourth-order valence-corrected chi connectivity index (χ4v) is 1.75. The quantitative estimate of drug-likeness (QED) is 0.849. The van der Waals surface area contributed by atoms with Crippen LogP contribution >= 0.6 is 15.9 Å². The summed E-state index contributed by atoms with van der Waals surface area (Å²) in [7, 11) is 1.57. The third kappa shape index (κ3) is 4.07. The van der Waals surface area contributed by atoms with E-state index in [4.69, 9.17) is 9.84 Å². The van der Waals surface area contributed by atoms with Crippen molar-refractivity contribution < 1.29 is 14.6 Å². The van der Waals surface area contributed by atoms with Gasteiger partial charge in [-0.25, -0.2) is 4.98 Å². The molecule has 1 aromatic heterocycles. The van der Waals surface area contributed by atoms with Crippen molar-refractivity contribution in [3.8, 4) is 0 Å². The van der Waals surface area contributed by atoms with Gasteiger partial charge in [-0.3, -0.25) is 4.79 Å². The van der Waals surface area contributed by atoms with Crippen LogP contribution in [0.1, 0.15) is 10.5 Å². The summed E-state index contributed by atoms with van der Waals surface area (Å²) in [6.07, 6.45) is 1.56. The third-order valence-corrected chi connectivity index (χ3v) is 2.82. The first kappa shape index (κ1) is 14.1. The van der Waals surface area contributed by atoms with Gasteiger partial charge >= 0.3 is 0 Å². The summed E-state index contributed by atoms with van der Waals surface area (Å²) in [6.45, 7) is 1.04. The lowest BCUT2D eigenvalue weighted by Gasteiger charge is -2.21. The Morgan fingerprint density at radius 1 is 1.59 bits per heavy atom. The van der Waals surface area contributed by atoms with Crippen molar-refractivity contribution in [3.63, 3.8) is 0 Å². The Balaban J connectivity index is 2.80. The molecule has 0 saturated heterocycles. The summed E-state index contributed by atoms with van der Waals surface area (Å²) in [5.41, 5.74) is 0.344. The average Bonchev–Trinajstić information content (AvgIpc) is 2.34. The van der Waals surface area contributed by atoms with Gasteiger partial charge < -0.3 is 14.7 Å². The Hall–Kier alpha value is -0.980. The van der Waals surface area contributed by atoms with Gasteiger partial charge in [0, 0.05) is 30.9 Å². The zero-order valence-corrected chi connectivity index (χ0v) is 11.2. The molecule has 0 fully saturated rings. The molecule has 1 N–H and O–H groups in total. The van der Waals surface area contributed by atoms with Gasteiger partial charge in [0.15, 0.2) is 0 Å². The van der Waals surface area contributed by atoms with Gasteiger partial charge in [-0.2, -0.15) is 0 Å². The topological polar surface area (TPSA) is 62.7 Å². The molecule has 0 radical (unpaired) electrons. The molecule has 0 aliphatic rings. The number of ether oxygens (including phenoxy) is 1. The van der Waals surface area contributed by atoms with Crippen molar-refractivity contribution in [3.05, 3.63) is 28.5 Å². The van der Waals surface area contributed by atoms with Crippen LogP contribution in [0.15, 0.2) is 22.8 Å². The molecule has 1 rings (SSSR count). The Kier molecular flexibility index (Phi) is 6.10. The van der Waals surface area contributed by atoms with E-state index in [1.54, 1.807) is 25.4 Å². The Morgan fingerprint density at radius 3 is 2.94 bits per heavy atom. The fraction of sp³-hybridized carbons (Fsp3) is 0.455. The molecule has 0 aliphatic carbocycles. The largest absolute Gasteiger partial charge is 0.395 e. The first-order chi connectivity index (χ1) is 8.20. The van der Waals surface area contributed by atoms with Crippen molar-refractivity contribution >= 4 is 21.8 Å². The lowest BCUT2D eigenvalue weighted by molar-refractivity contribution is 0.0650. The van der Waals surface area contributed by atoms with Crippen LogP contribution in [0.3, 0.4) is 0 Å². The smallest absolute Gasteiger partial charge is 0.273 e. The highest BCUT2D eigenvalue weighted by Crippen LogP contribution is 2.15. The molecule has 0 bridgehead atoms. The first-order valence-corrected chi connectivity index (χ1v) is 5.99. The van der Waals surface area contributed by atoms with Crippen LogP contribution in [-0.2, 0) is 4.74 Å². The molecular formula is C11H15BrN2O3. The van der Waals surface area contributed by atoms with Crippen LogP contribution in [0.25, 0.3) is 0 Å². The number of aromatic nitrogens is 1. The average molecular weight is 303 g/mol. The molecule has 1 heterocycles. The molecule has 0 atom stereocenters. The van der Waals surface area contributed by atoms with Crippen molar-refractivity contribution in [2.75, 3.05) is 33.4 Å². The fourth-order valence-electron chi connectivity index (χ4n) is 1.33. The van der Waals surface area contributed by atoms with E-state index in [9.17, 15) is 4.79 Å². The van der Waals surface area contributed by atoms with E-state index in [1.165, 1.54) is 4.90 Å². The SMILES string of the molecule is COCCN(CCO)C(=O)c1ncccc1Br. The summed E-state index contributed by atoms with van der Waals surface area (Å²) in [5, 5.41) is 8.93. The van der Waals surface area contributed by atoms with Crippen LogP contribution < -0.4 is 0 Å². The number of carbonyl (C=O) groups is 1. The highest BCUT2D eigenvalue weighted by Gasteiger charge is 2.18. The predicted molar refractivity (Wildman–Crippen MR) is 66.8 cm³/mol. The van der Waals surface area contributed by atoms with E-state index in [-0.39, 0.29) is 19.1 Å². The number of aliphatic hydroxyl groups excluding tert-OH is 1. The lowest BCUT2D eigenvalue weighted by Crippen LogP contribution is -2.36. The lowest BCUT2D eigenvalue weighted by atomic mass is 10.3. The van der Waals surface area contributed by atoms with E-state index in [0.717, 1.165) is 0 Å². The van der Waals surface area contributed by atoms with Gasteiger partial charge in [0.1, 0.15) is 5.69 Å². The van der Waals surface area contributed by atoms with E-state index in [2.05, 4.69) is 20.9 Å². The van der Waals surface area contributed by atoms with Gasteiger partial charge in [-0.15, -0.1) is 0 Å². The standard InChI is InChI=1S/C11H15BrN2O3/c1-17-8-6-14(5-7-15)11(16)10-9(12)3-2-4-13-10/h2-4,15H,5-8H2,1H3. The van der Waals surface area contributed by atoms with Gasteiger partial charge in [0.25, 0.3) is 5.91 Å². The van der Waals surface area contributed by atoms with Crippen LogP contribution in [-0.4, -0.2) is 54.3 Å². The molecule has 0 saturated carbocycles. The molecule has 6 heteroatoms. The number of aliphatic hydroxyl groups is 1. The number of hydrogen-bond acceptors (Lipinski definition) is 4. The van der Waals surface area contributed by atoms with Crippen molar-refractivity contribution in [1.82, 2.24) is 9.88 Å². The number of methoxy groups -OCH3 is 1. The van der Waals surface area contributed by atoms with Gasteiger partial charge in [0.2, 0.25) is 0 Å². The summed E-state index contributed by atoms with van der Waals surface area (Å²) in [6, 6.07) is 3.50. The van der Waals surface area contributed by atoms with Crippen LogP contribution in [0.2, 0.25) is 0 Å². The van der Waals surface area contributed by atoms with Crippen LogP contribution in [0.4, 0.5) is 0 Å². The maximum absolute atomic E-state index is 12.1. The predicted octanol–water partition coefficient (Wildman–Crippen LogP) is 0.925. The number of pyridine rings is 1. The van der Waals surface area contributed by atoms with Gasteiger partial charge in [-0.05, 0) is 28.1 Å². The molecule has 5 nitrogen and oxygen atoms in total. The number of halogens is 1. The van der Waals surface area contributed by atoms with Crippen LogP contribution in [0.5, 0.6) is 0 Å². The number of carbonyl (C=O) groups excluding carboxylic acids is 1. The molecule has 0 aliphatic heterocycles. The highest BCUT2D eigenvalue weighted by atomic mass is 79.9. The van der Waals surface area contributed by atoms with E-state index in [1.807, 2.05) is 0 Å². The number of rotatable bonds is 6. The Labute approximate surface area is 109 Å². The minimum Gasteiger partial charge on any atom is -0.395 e. The molecule has 0 aromatic carbocycles. The van der Waals surface area contributed by atoms with Crippen molar-refractivity contribution in [2.45, 2.75) is 0 Å². The van der Waals surface area contributed by atoms with E-state index >= 15 is 0 Å². The van der Waals surface area contributed by atoms with Crippen molar-refractivity contribution in [1.29, 1.82) is 0 Å². The summed E-state index contributed by atoms with van der Waals surface area (Å²) < 4.78 is 5.57. The Morgan fingerprint density at radius 2 is 2.35 bits per heavy atom. The number of amides is 1. The molecule has 1 amide bonds. The van der Waals surface area contributed by atoms with Crippen LogP contribution in [0, 0.1) is 0 Å². The third-order valence-electron chi connectivity index (χ3n) is 2.18. The second-order valence-corrected chi connectivity index (χ2v) is 4.20. The van der Waals surface area contributed by atoms with Crippen molar-refractivity contribution in [2.24, 2.45) is 0 Å². The molecule has 94 valence electrons. The summed E-state index contributed by atoms with van der Waals surface area (Å²) >= 11 is 3.28. The Bertz CT molecular complexity index is 373. The minimum absolute atomic E-state index is 0.0834. The minimum atomic E-state index is -0.219. The van der Waals surface area contributed by atoms with E-state index in [0.29, 0.717) is 23.3 Å². The molecule has 0 unspecified atom stereocenters. The number of nitrogens with zero attached hydrogens (tertiary/aromatic N) is 2. The monoisotopic (exact) mass is 302 g/mol. The van der Waals surface area contributed by atoms with Gasteiger partial charge in [0.05, 0.1) is 13.2 Å². The first-order valence-electron chi connectivity index (χ1n) is 5.20. The molecule has 17 heavy (non-hydrogen) atoms. The van der Waals surface area contributed by atoms with E-state index < -0.39 is 0 Å². The van der Waals surface area contributed by atoms with Gasteiger partial charge in [-0.1, -0.05) is 0 Å². The second kappa shape index (κ2) is 7.37. The maximum atomic E-state index is 12.1. The zero-order valence-electron chi connectivity index (χ0n) is 9.60. The highest BCUT2D eigenvalue weighted by molar-refractivity contribution is 9.10. The summed E-state index contributed by atoms with van der Waals surface area (Å²) in [5.74, 6) is -0.219. The zero-order chi connectivity index (χ0) is 12.7. The normalized spacial score (nSPS) is 10.3. The second-order valence-electron chi connectivity index (χ2n) is 3.34. The summed E-state index contributed by atoms with van der Waals surface area (Å²) in [4.78, 5) is 17.7. The molecule has 0 spiro atoms. The molecular weight excluding hydrogens is 288 g/mol.